The number of rotatable bonds is 3. The molecule has 1 N–H and O–H groups in total. The minimum atomic E-state index is -1.11. The number of hydrogen-bond donors (Lipinski definition) is 1. The van der Waals surface area contributed by atoms with Crippen molar-refractivity contribution >= 4 is 17.6 Å². The largest absolute Gasteiger partial charge is 0.478 e. The summed E-state index contributed by atoms with van der Waals surface area (Å²) in [4.78, 5) is 11.2. The maximum atomic E-state index is 11.2. The van der Waals surface area contributed by atoms with Crippen LogP contribution in [0, 0.1) is 18.3 Å². The number of carbonyl (C=O) groups is 1. The third-order valence-corrected chi connectivity index (χ3v) is 2.95. The maximum absolute atomic E-state index is 11.2. The number of ether oxygens (including phenoxy) is 1. The highest BCUT2D eigenvalue weighted by molar-refractivity contribution is 6.30. The van der Waals surface area contributed by atoms with E-state index in [1.807, 2.05) is 13.0 Å². The Kier molecular flexibility index (Phi) is 3.92. The summed E-state index contributed by atoms with van der Waals surface area (Å²) in [6.45, 7) is 1.81. The van der Waals surface area contributed by atoms with E-state index in [2.05, 4.69) is 0 Å². The second-order valence-electron chi connectivity index (χ2n) is 4.14. The highest BCUT2D eigenvalue weighted by atomic mass is 35.5. The summed E-state index contributed by atoms with van der Waals surface area (Å²) in [5, 5.41) is 18.4. The third kappa shape index (κ3) is 2.90. The number of carboxylic acid groups (broad SMARTS) is 1. The van der Waals surface area contributed by atoms with E-state index in [1.54, 1.807) is 18.2 Å². The van der Waals surface area contributed by atoms with E-state index < -0.39 is 5.97 Å². The van der Waals surface area contributed by atoms with Crippen molar-refractivity contribution in [2.45, 2.75) is 6.92 Å². The van der Waals surface area contributed by atoms with E-state index in [0.29, 0.717) is 16.3 Å². The van der Waals surface area contributed by atoms with E-state index in [0.717, 1.165) is 5.56 Å². The Morgan fingerprint density at radius 2 is 2.00 bits per heavy atom. The summed E-state index contributed by atoms with van der Waals surface area (Å²) in [7, 11) is 0. The van der Waals surface area contributed by atoms with Gasteiger partial charge in [0.25, 0.3) is 0 Å². The van der Waals surface area contributed by atoms with Crippen LogP contribution in [0.5, 0.6) is 11.5 Å². The average molecular weight is 288 g/mol. The zero-order valence-electron chi connectivity index (χ0n) is 10.6. The fourth-order valence-corrected chi connectivity index (χ4v) is 1.82. The smallest absolute Gasteiger partial charge is 0.339 e. The normalized spacial score (nSPS) is 9.85. The highest BCUT2D eigenvalue weighted by Crippen LogP contribution is 2.31. The number of benzene rings is 2. The molecule has 2 aromatic rings. The van der Waals surface area contributed by atoms with Gasteiger partial charge >= 0.3 is 5.97 Å². The van der Waals surface area contributed by atoms with Gasteiger partial charge in [-0.3, -0.25) is 0 Å². The number of nitrogens with zero attached hydrogens (tertiary/aromatic N) is 1. The quantitative estimate of drug-likeness (QED) is 0.926. The van der Waals surface area contributed by atoms with Gasteiger partial charge < -0.3 is 9.84 Å². The lowest BCUT2D eigenvalue weighted by Crippen LogP contribution is -2.00. The predicted molar refractivity (Wildman–Crippen MR) is 74.4 cm³/mol. The van der Waals surface area contributed by atoms with Crippen molar-refractivity contribution in [1.29, 1.82) is 5.26 Å². The van der Waals surface area contributed by atoms with Crippen molar-refractivity contribution in [3.63, 3.8) is 0 Å². The molecule has 2 aromatic carbocycles. The maximum Gasteiger partial charge on any atom is 0.339 e. The van der Waals surface area contributed by atoms with Gasteiger partial charge in [-0.1, -0.05) is 17.7 Å². The molecule has 0 heterocycles. The van der Waals surface area contributed by atoms with Crippen LogP contribution in [-0.2, 0) is 0 Å². The summed E-state index contributed by atoms with van der Waals surface area (Å²) in [5.74, 6) is -0.539. The Morgan fingerprint density at radius 1 is 1.25 bits per heavy atom. The molecule has 0 aliphatic heterocycles. The lowest BCUT2D eigenvalue weighted by molar-refractivity contribution is 0.0694. The van der Waals surface area contributed by atoms with Crippen molar-refractivity contribution in [3.05, 3.63) is 58.1 Å². The molecule has 0 bridgehead atoms. The SMILES string of the molecule is Cc1ccc(C#N)cc1Oc1cc(Cl)ccc1C(=O)O. The van der Waals surface area contributed by atoms with Gasteiger partial charge in [-0.25, -0.2) is 4.79 Å². The molecule has 2 rings (SSSR count). The molecule has 4 nitrogen and oxygen atoms in total. The van der Waals surface area contributed by atoms with E-state index in [4.69, 9.17) is 26.7 Å². The molecule has 0 saturated heterocycles. The molecule has 0 amide bonds. The topological polar surface area (TPSA) is 70.3 Å². The standard InChI is InChI=1S/C15H10ClNO3/c1-9-2-3-10(8-17)6-13(9)20-14-7-11(16)4-5-12(14)15(18)19/h2-7H,1H3,(H,18,19). The number of hydrogen-bond acceptors (Lipinski definition) is 3. The monoisotopic (exact) mass is 287 g/mol. The van der Waals surface area contributed by atoms with E-state index >= 15 is 0 Å². The average Bonchev–Trinajstić information content (AvgIpc) is 2.41. The molecule has 0 aliphatic rings. The molecule has 100 valence electrons. The van der Waals surface area contributed by atoms with Gasteiger partial charge in [-0.15, -0.1) is 0 Å². The molecule has 0 atom stereocenters. The number of aromatic carboxylic acids is 1. The first-order valence-corrected chi connectivity index (χ1v) is 6.10. The van der Waals surface area contributed by atoms with Gasteiger partial charge in [0, 0.05) is 11.1 Å². The van der Waals surface area contributed by atoms with Gasteiger partial charge in [0.1, 0.15) is 17.1 Å². The highest BCUT2D eigenvalue weighted by Gasteiger charge is 2.13. The van der Waals surface area contributed by atoms with Crippen LogP contribution in [0.25, 0.3) is 0 Å². The van der Waals surface area contributed by atoms with Gasteiger partial charge in [0.05, 0.1) is 11.6 Å². The lowest BCUT2D eigenvalue weighted by Gasteiger charge is -2.11. The van der Waals surface area contributed by atoms with E-state index in [1.165, 1.54) is 18.2 Å². The second kappa shape index (κ2) is 5.64. The second-order valence-corrected chi connectivity index (χ2v) is 4.58. The Bertz CT molecular complexity index is 720. The van der Waals surface area contributed by atoms with Crippen LogP contribution in [0.3, 0.4) is 0 Å². The molecular formula is C15H10ClNO3. The third-order valence-electron chi connectivity index (χ3n) is 2.71. The molecule has 0 saturated carbocycles. The van der Waals surface area contributed by atoms with Gasteiger partial charge in [-0.05, 0) is 36.8 Å². The van der Waals surface area contributed by atoms with Crippen LogP contribution in [0.2, 0.25) is 5.02 Å². The van der Waals surface area contributed by atoms with Crippen LogP contribution in [0.4, 0.5) is 0 Å². The van der Waals surface area contributed by atoms with Crippen molar-refractivity contribution in [2.24, 2.45) is 0 Å². The molecule has 0 radical (unpaired) electrons. The summed E-state index contributed by atoms with van der Waals surface area (Å²) in [5.41, 5.74) is 1.24. The summed E-state index contributed by atoms with van der Waals surface area (Å²) < 4.78 is 5.61. The van der Waals surface area contributed by atoms with Crippen molar-refractivity contribution in [1.82, 2.24) is 0 Å². The number of carboxylic acids is 1. The Morgan fingerprint density at radius 3 is 2.65 bits per heavy atom. The van der Waals surface area contributed by atoms with Crippen LogP contribution in [0.1, 0.15) is 21.5 Å². The Balaban J connectivity index is 2.47. The Labute approximate surface area is 120 Å². The summed E-state index contributed by atoms with van der Waals surface area (Å²) in [6, 6.07) is 11.3. The van der Waals surface area contributed by atoms with Gasteiger partial charge in [0.2, 0.25) is 0 Å². The molecule has 0 aliphatic carbocycles. The van der Waals surface area contributed by atoms with Crippen molar-refractivity contribution in [3.8, 4) is 17.6 Å². The molecule has 0 aromatic heterocycles. The first kappa shape index (κ1) is 13.9. The van der Waals surface area contributed by atoms with Crippen LogP contribution < -0.4 is 4.74 Å². The van der Waals surface area contributed by atoms with Crippen molar-refractivity contribution < 1.29 is 14.6 Å². The van der Waals surface area contributed by atoms with E-state index in [-0.39, 0.29) is 11.3 Å². The first-order chi connectivity index (χ1) is 9.51. The number of nitriles is 1. The molecule has 0 fully saturated rings. The molecule has 5 heteroatoms. The molecule has 0 unspecified atom stereocenters. The number of aryl methyl sites for hydroxylation is 1. The van der Waals surface area contributed by atoms with Gasteiger partial charge in [0.15, 0.2) is 0 Å². The zero-order chi connectivity index (χ0) is 14.7. The minimum Gasteiger partial charge on any atom is -0.478 e. The van der Waals surface area contributed by atoms with Gasteiger partial charge in [-0.2, -0.15) is 5.26 Å². The van der Waals surface area contributed by atoms with Crippen LogP contribution in [0.15, 0.2) is 36.4 Å². The molecule has 0 spiro atoms. The Hall–Kier alpha value is -2.51. The fraction of sp³-hybridized carbons (Fsp3) is 0.0667. The van der Waals surface area contributed by atoms with E-state index in [9.17, 15) is 4.79 Å². The fourth-order valence-electron chi connectivity index (χ4n) is 1.66. The summed E-state index contributed by atoms with van der Waals surface area (Å²) in [6.07, 6.45) is 0. The molecular weight excluding hydrogens is 278 g/mol. The van der Waals surface area contributed by atoms with Crippen LogP contribution >= 0.6 is 11.6 Å². The zero-order valence-corrected chi connectivity index (χ0v) is 11.3. The van der Waals surface area contributed by atoms with Crippen LogP contribution in [-0.4, -0.2) is 11.1 Å². The number of halogens is 1. The first-order valence-electron chi connectivity index (χ1n) is 5.72. The minimum absolute atomic E-state index is 0.0103. The summed E-state index contributed by atoms with van der Waals surface area (Å²) >= 11 is 5.86. The lowest BCUT2D eigenvalue weighted by atomic mass is 10.1. The van der Waals surface area contributed by atoms with Crippen molar-refractivity contribution in [2.75, 3.05) is 0 Å². The predicted octanol–water partition coefficient (Wildman–Crippen LogP) is 4.01. The molecule has 20 heavy (non-hydrogen) atoms.